The molecule has 0 spiro atoms. The van der Waals surface area contributed by atoms with Crippen molar-refractivity contribution in [2.75, 3.05) is 0 Å². The minimum absolute atomic E-state index is 0.0405. The lowest BCUT2D eigenvalue weighted by atomic mass is 10.5. The van der Waals surface area contributed by atoms with Gasteiger partial charge in [0, 0.05) is 36.9 Å². The third-order valence-electron chi connectivity index (χ3n) is 1.32. The van der Waals surface area contributed by atoms with E-state index >= 15 is 0 Å². The summed E-state index contributed by atoms with van der Waals surface area (Å²) in [4.78, 5) is 19.7. The van der Waals surface area contributed by atoms with E-state index in [-0.39, 0.29) is 5.43 Å². The Hall–Kier alpha value is -1.84. The van der Waals surface area contributed by atoms with Crippen molar-refractivity contribution in [2.24, 2.45) is 0 Å². The number of nitrogens with one attached hydrogen (secondary N) is 2. The number of aromatic nitrogens is 3. The highest BCUT2D eigenvalue weighted by Crippen LogP contribution is 1.78. The van der Waals surface area contributed by atoms with Crippen LogP contribution in [0.25, 0.3) is 0 Å². The molecule has 0 radical (unpaired) electrons. The average Bonchev–Trinajstić information content (AvgIpc) is 2.58. The van der Waals surface area contributed by atoms with Gasteiger partial charge >= 0.3 is 0 Å². The molecule has 0 atom stereocenters. The lowest BCUT2D eigenvalue weighted by Gasteiger charge is -1.73. The van der Waals surface area contributed by atoms with Gasteiger partial charge in [-0.1, -0.05) is 0 Å². The maximum atomic E-state index is 10.2. The first-order valence-electron chi connectivity index (χ1n) is 3.88. The van der Waals surface area contributed by atoms with E-state index in [2.05, 4.69) is 15.0 Å². The van der Waals surface area contributed by atoms with Crippen molar-refractivity contribution in [2.45, 2.75) is 6.92 Å². The summed E-state index contributed by atoms with van der Waals surface area (Å²) in [7, 11) is 0. The van der Waals surface area contributed by atoms with Gasteiger partial charge < -0.3 is 9.97 Å². The molecule has 68 valence electrons. The van der Waals surface area contributed by atoms with Crippen molar-refractivity contribution in [3.8, 4) is 0 Å². The van der Waals surface area contributed by atoms with Crippen molar-refractivity contribution in [1.29, 1.82) is 0 Å². The summed E-state index contributed by atoms with van der Waals surface area (Å²) in [6, 6.07) is 2.94. The molecule has 0 saturated carbocycles. The quantitative estimate of drug-likeness (QED) is 0.632. The number of aryl methyl sites for hydroxylation is 1. The summed E-state index contributed by atoms with van der Waals surface area (Å²) in [5, 5.41) is 0. The molecule has 4 nitrogen and oxygen atoms in total. The minimum Gasteiger partial charge on any atom is -0.367 e. The lowest BCUT2D eigenvalue weighted by molar-refractivity contribution is 1.15. The molecule has 0 aliphatic carbocycles. The molecule has 2 N–H and O–H groups in total. The van der Waals surface area contributed by atoms with Crippen LogP contribution >= 0.6 is 0 Å². The maximum absolute atomic E-state index is 10.2. The van der Waals surface area contributed by atoms with Gasteiger partial charge in [0.1, 0.15) is 5.82 Å². The summed E-state index contributed by atoms with van der Waals surface area (Å²) < 4.78 is 0. The lowest BCUT2D eigenvalue weighted by Crippen LogP contribution is -1.92. The van der Waals surface area contributed by atoms with Crippen LogP contribution in [-0.4, -0.2) is 15.0 Å². The van der Waals surface area contributed by atoms with Crippen LogP contribution in [0.15, 0.2) is 41.7 Å². The van der Waals surface area contributed by atoms with Gasteiger partial charge in [-0.3, -0.25) is 4.79 Å². The van der Waals surface area contributed by atoms with Gasteiger partial charge in [-0.15, -0.1) is 0 Å². The molecular formula is C9H11N3O. The number of H-pyrrole nitrogens is 2. The Labute approximate surface area is 75.7 Å². The van der Waals surface area contributed by atoms with Crippen molar-refractivity contribution in [3.63, 3.8) is 0 Å². The smallest absolute Gasteiger partial charge is 0.181 e. The minimum atomic E-state index is 0.0405. The number of hydrogen-bond acceptors (Lipinski definition) is 2. The van der Waals surface area contributed by atoms with Crippen molar-refractivity contribution in [1.82, 2.24) is 15.0 Å². The van der Waals surface area contributed by atoms with Gasteiger partial charge in [-0.2, -0.15) is 0 Å². The third-order valence-corrected chi connectivity index (χ3v) is 1.32. The molecule has 0 aliphatic heterocycles. The normalized spacial score (nSPS) is 8.69. The van der Waals surface area contributed by atoms with Crippen molar-refractivity contribution in [3.05, 3.63) is 53.0 Å². The zero-order valence-electron chi connectivity index (χ0n) is 7.32. The number of nitrogens with zero attached hydrogens (tertiary/aromatic N) is 1. The van der Waals surface area contributed by atoms with Gasteiger partial charge in [-0.25, -0.2) is 4.98 Å². The molecule has 0 saturated heterocycles. The molecular weight excluding hydrogens is 166 g/mol. The molecule has 2 aromatic heterocycles. The predicted octanol–water partition coefficient (Wildman–Crippen LogP) is 1.09. The first-order chi connectivity index (χ1) is 6.29. The molecule has 2 rings (SSSR count). The molecule has 4 heteroatoms. The van der Waals surface area contributed by atoms with E-state index in [0.717, 1.165) is 5.82 Å². The second-order valence-corrected chi connectivity index (χ2v) is 2.41. The zero-order valence-corrected chi connectivity index (χ0v) is 7.32. The van der Waals surface area contributed by atoms with Crippen molar-refractivity contribution < 1.29 is 0 Å². The highest BCUT2D eigenvalue weighted by Gasteiger charge is 1.73. The van der Waals surface area contributed by atoms with Gasteiger partial charge in [0.15, 0.2) is 5.43 Å². The Balaban J connectivity index is 0.000000132. The standard InChI is InChI=1S/C5H5NO.C4H6N2/c7-5-1-3-6-4-2-5;1-4-5-2-3-6-4/h1-4H,(H,6,7);2-3H,1H3,(H,5,6). The Kier molecular flexibility index (Phi) is 3.50. The molecule has 0 aromatic carbocycles. The number of aromatic amines is 2. The fourth-order valence-electron chi connectivity index (χ4n) is 0.716. The van der Waals surface area contributed by atoms with Crippen LogP contribution in [0.4, 0.5) is 0 Å². The van der Waals surface area contributed by atoms with E-state index in [4.69, 9.17) is 0 Å². The fraction of sp³-hybridized carbons (Fsp3) is 0.111. The number of imidazole rings is 1. The molecule has 0 fully saturated rings. The maximum Gasteiger partial charge on any atom is 0.181 e. The molecule has 0 amide bonds. The zero-order chi connectivity index (χ0) is 9.52. The van der Waals surface area contributed by atoms with E-state index in [0.29, 0.717) is 0 Å². The van der Waals surface area contributed by atoms with Gasteiger partial charge in [0.05, 0.1) is 0 Å². The van der Waals surface area contributed by atoms with E-state index in [1.54, 1.807) is 24.8 Å². The Morgan fingerprint density at radius 1 is 1.23 bits per heavy atom. The van der Waals surface area contributed by atoms with Crippen molar-refractivity contribution >= 4 is 0 Å². The first kappa shape index (κ1) is 9.25. The van der Waals surface area contributed by atoms with E-state index in [1.165, 1.54) is 12.1 Å². The van der Waals surface area contributed by atoms with Gasteiger partial charge in [0.25, 0.3) is 0 Å². The van der Waals surface area contributed by atoms with E-state index in [9.17, 15) is 4.79 Å². The molecule has 13 heavy (non-hydrogen) atoms. The second kappa shape index (κ2) is 4.92. The summed E-state index contributed by atoms with van der Waals surface area (Å²) in [6.45, 7) is 1.92. The van der Waals surface area contributed by atoms with Crippen LogP contribution in [0.2, 0.25) is 0 Å². The predicted molar refractivity (Wildman–Crippen MR) is 50.4 cm³/mol. The monoisotopic (exact) mass is 177 g/mol. The molecule has 2 aromatic rings. The Morgan fingerprint density at radius 3 is 2.15 bits per heavy atom. The summed E-state index contributed by atoms with van der Waals surface area (Å²) in [5.74, 6) is 0.968. The first-order valence-corrected chi connectivity index (χ1v) is 3.88. The summed E-state index contributed by atoms with van der Waals surface area (Å²) in [6.07, 6.45) is 6.73. The van der Waals surface area contributed by atoms with Gasteiger partial charge in [-0.05, 0) is 6.92 Å². The molecule has 0 unspecified atom stereocenters. The van der Waals surface area contributed by atoms with Crippen LogP contribution in [0.1, 0.15) is 5.82 Å². The SMILES string of the molecule is Cc1ncc[nH]1.O=c1cc[nH]cc1. The molecule has 0 bridgehead atoms. The van der Waals surface area contributed by atoms with Crippen LogP contribution in [0.3, 0.4) is 0 Å². The Morgan fingerprint density at radius 2 is 1.92 bits per heavy atom. The number of rotatable bonds is 0. The van der Waals surface area contributed by atoms with Crippen LogP contribution in [0, 0.1) is 6.92 Å². The van der Waals surface area contributed by atoms with Gasteiger partial charge in [0.2, 0.25) is 0 Å². The number of pyridine rings is 1. The fourth-order valence-corrected chi connectivity index (χ4v) is 0.716. The topological polar surface area (TPSA) is 61.5 Å². The highest BCUT2D eigenvalue weighted by atomic mass is 16.1. The summed E-state index contributed by atoms with van der Waals surface area (Å²) in [5.41, 5.74) is 0.0405. The van der Waals surface area contributed by atoms with Crippen LogP contribution < -0.4 is 5.43 Å². The Bertz CT molecular complexity index is 360. The molecule has 2 heterocycles. The summed E-state index contributed by atoms with van der Waals surface area (Å²) >= 11 is 0. The van der Waals surface area contributed by atoms with Crippen LogP contribution in [-0.2, 0) is 0 Å². The van der Waals surface area contributed by atoms with E-state index in [1.807, 2.05) is 6.92 Å². The largest absolute Gasteiger partial charge is 0.367 e. The third kappa shape index (κ3) is 3.91. The highest BCUT2D eigenvalue weighted by molar-refractivity contribution is 4.90. The average molecular weight is 177 g/mol. The number of hydrogen-bond donors (Lipinski definition) is 2. The van der Waals surface area contributed by atoms with E-state index < -0.39 is 0 Å². The van der Waals surface area contributed by atoms with Crippen LogP contribution in [0.5, 0.6) is 0 Å². The molecule has 0 aliphatic rings. The second-order valence-electron chi connectivity index (χ2n) is 2.41.